The molecule has 3 fully saturated rings. The van der Waals surface area contributed by atoms with Crippen LogP contribution >= 0.6 is 0 Å². The topological polar surface area (TPSA) is 33.7 Å². The van der Waals surface area contributed by atoms with Crippen LogP contribution in [0, 0.1) is 0 Å². The van der Waals surface area contributed by atoms with Gasteiger partial charge in [0.1, 0.15) is 0 Å². The second-order valence-electron chi connectivity index (χ2n) is 5.81. The van der Waals surface area contributed by atoms with Crippen LogP contribution in [0.3, 0.4) is 0 Å². The number of morpholine rings is 2. The van der Waals surface area contributed by atoms with Crippen molar-refractivity contribution in [3.63, 3.8) is 0 Å². The molecule has 0 aromatic carbocycles. The zero-order valence-electron chi connectivity index (χ0n) is 11.3. The Kier molecular flexibility index (Phi) is 4.52. The molecule has 18 heavy (non-hydrogen) atoms. The number of rotatable bonds is 3. The van der Waals surface area contributed by atoms with Gasteiger partial charge in [0.15, 0.2) is 0 Å². The van der Waals surface area contributed by atoms with E-state index >= 15 is 0 Å². The Bertz CT molecular complexity index is 254. The third-order valence-corrected chi connectivity index (χ3v) is 4.61. The monoisotopic (exact) mass is 254 g/mol. The fraction of sp³-hybridized carbons (Fsp3) is 1.00. The molecule has 0 aromatic rings. The molecule has 0 spiro atoms. The van der Waals surface area contributed by atoms with E-state index in [1.807, 2.05) is 0 Å². The van der Waals surface area contributed by atoms with Crippen molar-refractivity contribution in [2.24, 2.45) is 0 Å². The first-order valence-electron chi connectivity index (χ1n) is 7.60. The quantitative estimate of drug-likeness (QED) is 0.815. The van der Waals surface area contributed by atoms with Gasteiger partial charge in [0.2, 0.25) is 0 Å². The second-order valence-corrected chi connectivity index (χ2v) is 5.81. The van der Waals surface area contributed by atoms with E-state index in [2.05, 4.69) is 10.2 Å². The van der Waals surface area contributed by atoms with E-state index in [-0.39, 0.29) is 0 Å². The van der Waals surface area contributed by atoms with Crippen LogP contribution in [0.15, 0.2) is 0 Å². The van der Waals surface area contributed by atoms with Gasteiger partial charge in [-0.2, -0.15) is 0 Å². The van der Waals surface area contributed by atoms with Crippen LogP contribution in [-0.2, 0) is 9.47 Å². The SMILES string of the molecule is C1CCC2C(C1)OCCN2CCC1COCCN1. The Morgan fingerprint density at radius 2 is 2.11 bits per heavy atom. The van der Waals surface area contributed by atoms with Crippen LogP contribution in [0.1, 0.15) is 32.1 Å². The fourth-order valence-corrected chi connectivity index (χ4v) is 3.58. The van der Waals surface area contributed by atoms with Crippen LogP contribution in [-0.4, -0.2) is 62.5 Å². The molecule has 104 valence electrons. The molecule has 2 aliphatic heterocycles. The highest BCUT2D eigenvalue weighted by atomic mass is 16.5. The number of nitrogens with zero attached hydrogens (tertiary/aromatic N) is 1. The van der Waals surface area contributed by atoms with Gasteiger partial charge in [0.25, 0.3) is 0 Å². The summed E-state index contributed by atoms with van der Waals surface area (Å²) < 4.78 is 11.4. The summed E-state index contributed by atoms with van der Waals surface area (Å²) in [4.78, 5) is 2.67. The minimum atomic E-state index is 0.517. The molecule has 0 bridgehead atoms. The summed E-state index contributed by atoms with van der Waals surface area (Å²) >= 11 is 0. The first-order valence-corrected chi connectivity index (χ1v) is 7.60. The van der Waals surface area contributed by atoms with Crippen molar-refractivity contribution in [1.29, 1.82) is 0 Å². The lowest BCUT2D eigenvalue weighted by Crippen LogP contribution is -2.54. The van der Waals surface area contributed by atoms with E-state index in [1.54, 1.807) is 0 Å². The van der Waals surface area contributed by atoms with Crippen molar-refractivity contribution in [1.82, 2.24) is 10.2 Å². The van der Waals surface area contributed by atoms with E-state index in [4.69, 9.17) is 9.47 Å². The van der Waals surface area contributed by atoms with E-state index < -0.39 is 0 Å². The average Bonchev–Trinajstić information content (AvgIpc) is 2.46. The number of hydrogen-bond donors (Lipinski definition) is 1. The lowest BCUT2D eigenvalue weighted by Gasteiger charge is -2.44. The Morgan fingerprint density at radius 3 is 3.00 bits per heavy atom. The van der Waals surface area contributed by atoms with E-state index in [0.717, 1.165) is 32.9 Å². The van der Waals surface area contributed by atoms with Gasteiger partial charge in [0, 0.05) is 31.7 Å². The predicted molar refractivity (Wildman–Crippen MR) is 70.8 cm³/mol. The number of fused-ring (bicyclic) bond motifs is 1. The molecule has 3 rings (SSSR count). The Morgan fingerprint density at radius 1 is 1.17 bits per heavy atom. The normalized spacial score (nSPS) is 38.3. The molecule has 4 heteroatoms. The van der Waals surface area contributed by atoms with Crippen molar-refractivity contribution >= 4 is 0 Å². The minimum absolute atomic E-state index is 0.517. The fourth-order valence-electron chi connectivity index (χ4n) is 3.58. The van der Waals surface area contributed by atoms with E-state index in [0.29, 0.717) is 18.2 Å². The summed E-state index contributed by atoms with van der Waals surface area (Å²) in [5.74, 6) is 0. The standard InChI is InChI=1S/C14H26N2O2/c1-2-4-14-13(3-1)16(8-10-18-14)7-5-12-11-17-9-6-15-12/h12-15H,1-11H2. The third kappa shape index (κ3) is 3.05. The Hall–Kier alpha value is -0.160. The molecule has 3 unspecified atom stereocenters. The molecule has 2 heterocycles. The Labute approximate surface area is 110 Å². The van der Waals surface area contributed by atoms with Crippen molar-refractivity contribution in [2.45, 2.75) is 50.3 Å². The maximum atomic E-state index is 5.92. The van der Waals surface area contributed by atoms with Gasteiger partial charge in [-0.25, -0.2) is 0 Å². The zero-order chi connectivity index (χ0) is 12.2. The number of ether oxygens (including phenoxy) is 2. The van der Waals surface area contributed by atoms with Crippen LogP contribution in [0.5, 0.6) is 0 Å². The highest BCUT2D eigenvalue weighted by Gasteiger charge is 2.34. The molecule has 1 N–H and O–H groups in total. The van der Waals surface area contributed by atoms with Crippen LogP contribution in [0.4, 0.5) is 0 Å². The van der Waals surface area contributed by atoms with Crippen LogP contribution in [0.2, 0.25) is 0 Å². The van der Waals surface area contributed by atoms with Gasteiger partial charge in [-0.15, -0.1) is 0 Å². The molecule has 3 atom stereocenters. The van der Waals surface area contributed by atoms with Crippen LogP contribution in [0.25, 0.3) is 0 Å². The molecule has 0 aromatic heterocycles. The van der Waals surface area contributed by atoms with Crippen molar-refractivity contribution in [3.05, 3.63) is 0 Å². The molecule has 1 aliphatic carbocycles. The summed E-state index contributed by atoms with van der Waals surface area (Å²) in [5.41, 5.74) is 0. The first kappa shape index (κ1) is 12.9. The highest BCUT2D eigenvalue weighted by molar-refractivity contribution is 4.88. The van der Waals surface area contributed by atoms with E-state index in [1.165, 1.54) is 38.6 Å². The molecule has 2 saturated heterocycles. The van der Waals surface area contributed by atoms with Crippen molar-refractivity contribution in [2.75, 3.05) is 39.5 Å². The van der Waals surface area contributed by atoms with Gasteiger partial charge in [-0.1, -0.05) is 12.8 Å². The number of hydrogen-bond acceptors (Lipinski definition) is 4. The smallest absolute Gasteiger partial charge is 0.0730 e. The molecular weight excluding hydrogens is 228 g/mol. The minimum Gasteiger partial charge on any atom is -0.379 e. The van der Waals surface area contributed by atoms with Gasteiger partial charge >= 0.3 is 0 Å². The largest absolute Gasteiger partial charge is 0.379 e. The zero-order valence-corrected chi connectivity index (χ0v) is 11.3. The molecule has 3 aliphatic rings. The summed E-state index contributed by atoms with van der Waals surface area (Å²) in [6.07, 6.45) is 7.07. The van der Waals surface area contributed by atoms with Gasteiger partial charge < -0.3 is 14.8 Å². The third-order valence-electron chi connectivity index (χ3n) is 4.61. The molecule has 4 nitrogen and oxygen atoms in total. The summed E-state index contributed by atoms with van der Waals surface area (Å²) in [5, 5.41) is 3.55. The molecule has 0 amide bonds. The van der Waals surface area contributed by atoms with E-state index in [9.17, 15) is 0 Å². The average molecular weight is 254 g/mol. The second kappa shape index (κ2) is 6.33. The summed E-state index contributed by atoms with van der Waals surface area (Å²) in [6.45, 7) is 6.02. The molecular formula is C14H26N2O2. The maximum Gasteiger partial charge on any atom is 0.0730 e. The first-order chi connectivity index (χ1) is 8.93. The molecule has 1 saturated carbocycles. The number of nitrogens with one attached hydrogen (secondary N) is 1. The van der Waals surface area contributed by atoms with Crippen molar-refractivity contribution < 1.29 is 9.47 Å². The van der Waals surface area contributed by atoms with Gasteiger partial charge in [-0.3, -0.25) is 4.90 Å². The summed E-state index contributed by atoms with van der Waals surface area (Å²) in [6, 6.07) is 1.25. The van der Waals surface area contributed by atoms with Gasteiger partial charge in [-0.05, 0) is 19.3 Å². The summed E-state index contributed by atoms with van der Waals surface area (Å²) in [7, 11) is 0. The highest BCUT2D eigenvalue weighted by Crippen LogP contribution is 2.28. The van der Waals surface area contributed by atoms with Crippen molar-refractivity contribution in [3.8, 4) is 0 Å². The lowest BCUT2D eigenvalue weighted by atomic mass is 9.90. The molecule has 0 radical (unpaired) electrons. The lowest BCUT2D eigenvalue weighted by molar-refractivity contribution is -0.0895. The van der Waals surface area contributed by atoms with Crippen LogP contribution < -0.4 is 5.32 Å². The predicted octanol–water partition coefficient (Wildman–Crippen LogP) is 1.01. The van der Waals surface area contributed by atoms with Gasteiger partial charge in [0.05, 0.1) is 25.9 Å². The maximum absolute atomic E-state index is 5.92. The Balaban J connectivity index is 1.48.